The Balaban J connectivity index is 2.80. The van der Waals surface area contributed by atoms with Gasteiger partial charge in [-0.25, -0.2) is 0 Å². The predicted octanol–water partition coefficient (Wildman–Crippen LogP) is 2.34. The average molecular weight is 268 g/mol. The van der Waals surface area contributed by atoms with Gasteiger partial charge in [0, 0.05) is 25.8 Å². The number of hydrogen-bond acceptors (Lipinski definition) is 3. The van der Waals surface area contributed by atoms with Crippen LogP contribution in [0.1, 0.15) is 46.0 Å². The lowest BCUT2D eigenvalue weighted by Gasteiger charge is -2.34. The fourth-order valence-corrected chi connectivity index (χ4v) is 2.37. The van der Waals surface area contributed by atoms with E-state index in [9.17, 15) is 5.11 Å². The van der Waals surface area contributed by atoms with Gasteiger partial charge in [0.2, 0.25) is 0 Å². The second-order valence-electron chi connectivity index (χ2n) is 6.12. The number of aryl methyl sites for hydroxylation is 2. The third-order valence-electron chi connectivity index (χ3n) is 3.36. The number of nitrogens with zero attached hydrogens (tertiary/aromatic N) is 2. The van der Waals surface area contributed by atoms with Crippen molar-refractivity contribution in [3.05, 3.63) is 17.5 Å². The number of ether oxygens (including phenoxy) is 1. The van der Waals surface area contributed by atoms with Crippen LogP contribution in [0.2, 0.25) is 0 Å². The predicted molar refractivity (Wildman–Crippen MR) is 77.2 cm³/mol. The van der Waals surface area contributed by atoms with Crippen LogP contribution in [0.5, 0.6) is 0 Å². The molecule has 4 nitrogen and oxygen atoms in total. The topological polar surface area (TPSA) is 47.3 Å². The molecule has 1 heterocycles. The van der Waals surface area contributed by atoms with Crippen molar-refractivity contribution in [1.29, 1.82) is 0 Å². The molecule has 0 saturated heterocycles. The standard InChI is InChI=1S/C15H28N2O2/c1-7-11-9-12(17(6)16-11)10-13(18)14(19-8-2)15(3,4)5/h9,13-14,18H,7-8,10H2,1-6H3. The Hall–Kier alpha value is -0.870. The first-order valence-corrected chi connectivity index (χ1v) is 7.11. The molecule has 0 aliphatic heterocycles. The van der Waals surface area contributed by atoms with E-state index in [-0.39, 0.29) is 11.5 Å². The largest absolute Gasteiger partial charge is 0.390 e. The van der Waals surface area contributed by atoms with Gasteiger partial charge in [-0.2, -0.15) is 5.10 Å². The molecule has 1 aromatic rings. The molecule has 2 unspecified atom stereocenters. The molecule has 0 spiro atoms. The molecule has 1 rings (SSSR count). The van der Waals surface area contributed by atoms with E-state index in [2.05, 4.69) is 38.9 Å². The summed E-state index contributed by atoms with van der Waals surface area (Å²) in [5.41, 5.74) is 2.04. The van der Waals surface area contributed by atoms with Crippen molar-refractivity contribution < 1.29 is 9.84 Å². The molecule has 0 amide bonds. The second kappa shape index (κ2) is 6.53. The van der Waals surface area contributed by atoms with Crippen LogP contribution in [-0.4, -0.2) is 33.7 Å². The summed E-state index contributed by atoms with van der Waals surface area (Å²) in [6, 6.07) is 2.06. The summed E-state index contributed by atoms with van der Waals surface area (Å²) < 4.78 is 7.59. The fourth-order valence-electron chi connectivity index (χ4n) is 2.37. The first-order chi connectivity index (χ1) is 8.79. The van der Waals surface area contributed by atoms with E-state index in [0.717, 1.165) is 17.8 Å². The maximum atomic E-state index is 10.5. The van der Waals surface area contributed by atoms with Gasteiger partial charge < -0.3 is 9.84 Å². The monoisotopic (exact) mass is 268 g/mol. The van der Waals surface area contributed by atoms with E-state index in [1.54, 1.807) is 0 Å². The average Bonchev–Trinajstić information content (AvgIpc) is 2.65. The Bertz CT molecular complexity index is 393. The number of aromatic nitrogens is 2. The Morgan fingerprint density at radius 1 is 1.37 bits per heavy atom. The number of aliphatic hydroxyl groups excluding tert-OH is 1. The zero-order valence-electron chi connectivity index (χ0n) is 13.1. The lowest BCUT2D eigenvalue weighted by Crippen LogP contribution is -2.41. The number of aliphatic hydroxyl groups is 1. The molecular weight excluding hydrogens is 240 g/mol. The summed E-state index contributed by atoms with van der Waals surface area (Å²) in [6.07, 6.45) is 0.807. The SMILES string of the molecule is CCOC(C(O)Cc1cc(CC)nn1C)C(C)(C)C. The van der Waals surface area contributed by atoms with Crippen molar-refractivity contribution in [3.8, 4) is 0 Å². The maximum Gasteiger partial charge on any atom is 0.0885 e. The molecule has 1 aromatic heterocycles. The molecule has 1 N–H and O–H groups in total. The molecule has 0 fully saturated rings. The van der Waals surface area contributed by atoms with Crippen LogP contribution in [0.15, 0.2) is 6.07 Å². The summed E-state index contributed by atoms with van der Waals surface area (Å²) in [7, 11) is 1.92. The van der Waals surface area contributed by atoms with Crippen molar-refractivity contribution in [3.63, 3.8) is 0 Å². The molecule has 0 saturated carbocycles. The van der Waals surface area contributed by atoms with Gasteiger partial charge in [-0.3, -0.25) is 4.68 Å². The van der Waals surface area contributed by atoms with Gasteiger partial charge in [0.05, 0.1) is 17.9 Å². The molecule has 0 aliphatic carbocycles. The van der Waals surface area contributed by atoms with Gasteiger partial charge in [0.1, 0.15) is 0 Å². The second-order valence-corrected chi connectivity index (χ2v) is 6.12. The molecule has 19 heavy (non-hydrogen) atoms. The first kappa shape index (κ1) is 16.2. The van der Waals surface area contributed by atoms with Crippen LogP contribution in [-0.2, 0) is 24.6 Å². The summed E-state index contributed by atoms with van der Waals surface area (Å²) in [5.74, 6) is 0. The maximum absolute atomic E-state index is 10.5. The van der Waals surface area contributed by atoms with Gasteiger partial charge in [-0.15, -0.1) is 0 Å². The zero-order valence-corrected chi connectivity index (χ0v) is 13.1. The highest BCUT2D eigenvalue weighted by Crippen LogP contribution is 2.26. The van der Waals surface area contributed by atoms with Crippen molar-refractivity contribution >= 4 is 0 Å². The van der Waals surface area contributed by atoms with Gasteiger partial charge in [0.15, 0.2) is 0 Å². The molecule has 2 atom stereocenters. The van der Waals surface area contributed by atoms with E-state index < -0.39 is 6.10 Å². The molecule has 0 aromatic carbocycles. The molecule has 4 heteroatoms. The number of rotatable bonds is 6. The van der Waals surface area contributed by atoms with E-state index >= 15 is 0 Å². The molecule has 0 radical (unpaired) electrons. The molecule has 0 bridgehead atoms. The van der Waals surface area contributed by atoms with Gasteiger partial charge in [-0.05, 0) is 24.8 Å². The minimum atomic E-state index is -0.514. The van der Waals surface area contributed by atoms with Gasteiger partial charge >= 0.3 is 0 Å². The fraction of sp³-hybridized carbons (Fsp3) is 0.800. The van der Waals surface area contributed by atoms with E-state index in [1.165, 1.54) is 0 Å². The Morgan fingerprint density at radius 2 is 2.00 bits per heavy atom. The highest BCUT2D eigenvalue weighted by atomic mass is 16.5. The molecule has 0 aliphatic rings. The summed E-state index contributed by atoms with van der Waals surface area (Å²) in [6.45, 7) is 10.9. The van der Waals surface area contributed by atoms with Crippen LogP contribution in [0.25, 0.3) is 0 Å². The highest BCUT2D eigenvalue weighted by molar-refractivity contribution is 5.11. The van der Waals surface area contributed by atoms with Crippen molar-refractivity contribution in [2.45, 2.75) is 59.7 Å². The molecule has 110 valence electrons. The Morgan fingerprint density at radius 3 is 2.42 bits per heavy atom. The van der Waals surface area contributed by atoms with Crippen LogP contribution in [0.4, 0.5) is 0 Å². The summed E-state index contributed by atoms with van der Waals surface area (Å²) in [5, 5.41) is 14.9. The van der Waals surface area contributed by atoms with Gasteiger partial charge in [-0.1, -0.05) is 27.7 Å². The van der Waals surface area contributed by atoms with E-state index in [0.29, 0.717) is 13.0 Å². The van der Waals surface area contributed by atoms with Crippen LogP contribution < -0.4 is 0 Å². The van der Waals surface area contributed by atoms with Crippen molar-refractivity contribution in [1.82, 2.24) is 9.78 Å². The molecular formula is C15H28N2O2. The lowest BCUT2D eigenvalue weighted by molar-refractivity contribution is -0.0878. The van der Waals surface area contributed by atoms with Crippen molar-refractivity contribution in [2.24, 2.45) is 12.5 Å². The Kier molecular flexibility index (Phi) is 5.56. The normalized spacial score (nSPS) is 15.5. The van der Waals surface area contributed by atoms with Crippen LogP contribution in [0, 0.1) is 5.41 Å². The smallest absolute Gasteiger partial charge is 0.0885 e. The summed E-state index contributed by atoms with van der Waals surface area (Å²) >= 11 is 0. The van der Waals surface area contributed by atoms with Crippen LogP contribution in [0.3, 0.4) is 0 Å². The Labute approximate surface area is 116 Å². The minimum Gasteiger partial charge on any atom is -0.390 e. The third kappa shape index (κ3) is 4.32. The summed E-state index contributed by atoms with van der Waals surface area (Å²) in [4.78, 5) is 0. The zero-order chi connectivity index (χ0) is 14.6. The van der Waals surface area contributed by atoms with Crippen LogP contribution >= 0.6 is 0 Å². The number of hydrogen-bond donors (Lipinski definition) is 1. The van der Waals surface area contributed by atoms with Crippen molar-refractivity contribution in [2.75, 3.05) is 6.61 Å². The van der Waals surface area contributed by atoms with E-state index in [1.807, 2.05) is 18.7 Å². The van der Waals surface area contributed by atoms with E-state index in [4.69, 9.17) is 4.74 Å². The van der Waals surface area contributed by atoms with Gasteiger partial charge in [0.25, 0.3) is 0 Å². The highest BCUT2D eigenvalue weighted by Gasteiger charge is 2.32. The third-order valence-corrected chi connectivity index (χ3v) is 3.36. The lowest BCUT2D eigenvalue weighted by atomic mass is 9.84. The quantitative estimate of drug-likeness (QED) is 0.861. The minimum absolute atomic E-state index is 0.0817. The first-order valence-electron chi connectivity index (χ1n) is 7.11.